The molecule has 1 saturated carbocycles. The first kappa shape index (κ1) is 17.6. The molecule has 0 radical (unpaired) electrons. The Balaban J connectivity index is 1.74. The van der Waals surface area contributed by atoms with Crippen LogP contribution in [0.5, 0.6) is 5.75 Å². The average Bonchev–Trinajstić information content (AvgIpc) is 2.53. The minimum absolute atomic E-state index is 0.0708. The smallest absolute Gasteiger partial charge is 0.416 e. The van der Waals surface area contributed by atoms with Crippen LogP contribution in [-0.4, -0.2) is 30.3 Å². The molecule has 1 amide bonds. The zero-order chi connectivity index (χ0) is 16.9. The number of benzene rings is 1. The maximum absolute atomic E-state index is 12.4. The van der Waals surface area contributed by atoms with Crippen molar-refractivity contribution in [3.05, 3.63) is 29.8 Å². The molecule has 1 aliphatic carbocycles. The van der Waals surface area contributed by atoms with Crippen molar-refractivity contribution in [1.29, 1.82) is 0 Å². The Morgan fingerprint density at radius 3 is 2.30 bits per heavy atom. The lowest BCUT2D eigenvalue weighted by Crippen LogP contribution is -2.40. The predicted octanol–water partition coefficient (Wildman–Crippen LogP) is 2.75. The van der Waals surface area contributed by atoms with Crippen LogP contribution >= 0.6 is 0 Å². The Bertz CT molecular complexity index is 508. The van der Waals surface area contributed by atoms with Crippen molar-refractivity contribution < 1.29 is 27.8 Å². The van der Waals surface area contributed by atoms with E-state index in [1.165, 1.54) is 12.1 Å². The van der Waals surface area contributed by atoms with Gasteiger partial charge in [0, 0.05) is 12.6 Å². The molecule has 1 fully saturated rings. The molecule has 2 N–H and O–H groups in total. The standard InChI is InChI=1S/C16H20F3NO3/c17-16(18,19)12-3-7-14(8-4-12)23-10-15(22)20-13-5-1-11(9-21)2-6-13/h3-4,7-8,11,13,21H,1-2,5-6,9-10H2,(H,20,22). The van der Waals surface area contributed by atoms with Crippen LogP contribution in [0.15, 0.2) is 24.3 Å². The van der Waals surface area contributed by atoms with E-state index >= 15 is 0 Å². The molecule has 1 aromatic rings. The number of carbonyl (C=O) groups is 1. The highest BCUT2D eigenvalue weighted by Crippen LogP contribution is 2.30. The molecule has 0 aromatic heterocycles. The minimum Gasteiger partial charge on any atom is -0.484 e. The van der Waals surface area contributed by atoms with Gasteiger partial charge in [0.15, 0.2) is 6.61 Å². The van der Waals surface area contributed by atoms with Crippen LogP contribution in [0.4, 0.5) is 13.2 Å². The fourth-order valence-electron chi connectivity index (χ4n) is 2.65. The molecule has 0 bridgehead atoms. The Kier molecular flexibility index (Phi) is 5.87. The van der Waals surface area contributed by atoms with Gasteiger partial charge in [-0.2, -0.15) is 13.2 Å². The molecule has 128 valence electrons. The molecular formula is C16H20F3NO3. The summed E-state index contributed by atoms with van der Waals surface area (Å²) in [5, 5.41) is 11.9. The maximum atomic E-state index is 12.4. The monoisotopic (exact) mass is 331 g/mol. The molecule has 4 nitrogen and oxygen atoms in total. The van der Waals surface area contributed by atoms with Gasteiger partial charge in [0.05, 0.1) is 5.56 Å². The quantitative estimate of drug-likeness (QED) is 0.872. The highest BCUT2D eigenvalue weighted by Gasteiger charge is 2.30. The Hall–Kier alpha value is -1.76. The summed E-state index contributed by atoms with van der Waals surface area (Å²) in [6.45, 7) is -0.0526. The van der Waals surface area contributed by atoms with E-state index in [1.54, 1.807) is 0 Å². The zero-order valence-corrected chi connectivity index (χ0v) is 12.6. The lowest BCUT2D eigenvalue weighted by molar-refractivity contribution is -0.137. The van der Waals surface area contributed by atoms with Gasteiger partial charge >= 0.3 is 6.18 Å². The summed E-state index contributed by atoms with van der Waals surface area (Å²) in [6, 6.07) is 4.30. The van der Waals surface area contributed by atoms with Crippen molar-refractivity contribution in [3.63, 3.8) is 0 Å². The van der Waals surface area contributed by atoms with Crippen molar-refractivity contribution in [2.45, 2.75) is 37.9 Å². The number of ether oxygens (including phenoxy) is 1. The second-order valence-corrected chi connectivity index (χ2v) is 5.78. The van der Waals surface area contributed by atoms with E-state index < -0.39 is 11.7 Å². The normalized spacial score (nSPS) is 21.7. The molecule has 0 atom stereocenters. The van der Waals surface area contributed by atoms with Gasteiger partial charge in [-0.3, -0.25) is 4.79 Å². The second kappa shape index (κ2) is 7.68. The van der Waals surface area contributed by atoms with Crippen molar-refractivity contribution in [1.82, 2.24) is 5.32 Å². The number of aliphatic hydroxyl groups is 1. The molecule has 0 unspecified atom stereocenters. The SMILES string of the molecule is O=C(COc1ccc(C(F)(F)F)cc1)NC1CCC(CO)CC1. The van der Waals surface area contributed by atoms with Crippen molar-refractivity contribution in [3.8, 4) is 5.75 Å². The van der Waals surface area contributed by atoms with Crippen LogP contribution in [0.2, 0.25) is 0 Å². The van der Waals surface area contributed by atoms with Gasteiger partial charge in [0.1, 0.15) is 5.75 Å². The first-order chi connectivity index (χ1) is 10.9. The predicted molar refractivity (Wildman–Crippen MR) is 77.9 cm³/mol. The summed E-state index contributed by atoms with van der Waals surface area (Å²) in [6.07, 6.45) is -1.000. The number of hydrogen-bond acceptors (Lipinski definition) is 3. The van der Waals surface area contributed by atoms with E-state index in [4.69, 9.17) is 9.84 Å². The Morgan fingerprint density at radius 1 is 1.17 bits per heavy atom. The van der Waals surface area contributed by atoms with Crippen LogP contribution in [0.1, 0.15) is 31.2 Å². The van der Waals surface area contributed by atoms with E-state index in [9.17, 15) is 18.0 Å². The van der Waals surface area contributed by atoms with E-state index in [0.29, 0.717) is 5.92 Å². The van der Waals surface area contributed by atoms with Crippen molar-refractivity contribution in [2.24, 2.45) is 5.92 Å². The van der Waals surface area contributed by atoms with E-state index in [-0.39, 0.29) is 30.9 Å². The Labute approximate surface area is 132 Å². The van der Waals surface area contributed by atoms with Crippen LogP contribution in [-0.2, 0) is 11.0 Å². The third-order valence-corrected chi connectivity index (χ3v) is 4.02. The third kappa shape index (κ3) is 5.42. The second-order valence-electron chi connectivity index (χ2n) is 5.78. The van der Waals surface area contributed by atoms with Gasteiger partial charge in [-0.15, -0.1) is 0 Å². The molecular weight excluding hydrogens is 311 g/mol. The fraction of sp³-hybridized carbons (Fsp3) is 0.562. The van der Waals surface area contributed by atoms with Crippen LogP contribution < -0.4 is 10.1 Å². The summed E-state index contributed by atoms with van der Waals surface area (Å²) in [5.74, 6) is 0.237. The molecule has 0 aliphatic heterocycles. The average molecular weight is 331 g/mol. The number of nitrogens with one attached hydrogen (secondary N) is 1. The first-order valence-corrected chi connectivity index (χ1v) is 7.58. The van der Waals surface area contributed by atoms with Gasteiger partial charge in [-0.25, -0.2) is 0 Å². The van der Waals surface area contributed by atoms with Gasteiger partial charge in [-0.1, -0.05) is 0 Å². The Morgan fingerprint density at radius 2 is 1.78 bits per heavy atom. The maximum Gasteiger partial charge on any atom is 0.416 e. The van der Waals surface area contributed by atoms with E-state index in [0.717, 1.165) is 37.8 Å². The van der Waals surface area contributed by atoms with Gasteiger partial charge in [0.25, 0.3) is 5.91 Å². The molecule has 0 saturated heterocycles. The van der Waals surface area contributed by atoms with Crippen LogP contribution in [0.3, 0.4) is 0 Å². The molecule has 1 aromatic carbocycles. The highest BCUT2D eigenvalue weighted by atomic mass is 19.4. The lowest BCUT2D eigenvalue weighted by atomic mass is 9.86. The third-order valence-electron chi connectivity index (χ3n) is 4.02. The number of alkyl halides is 3. The largest absolute Gasteiger partial charge is 0.484 e. The van der Waals surface area contributed by atoms with Gasteiger partial charge in [-0.05, 0) is 55.9 Å². The molecule has 2 rings (SSSR count). The minimum atomic E-state index is -4.39. The molecule has 0 heterocycles. The topological polar surface area (TPSA) is 58.6 Å². The summed E-state index contributed by atoms with van der Waals surface area (Å²) < 4.78 is 42.5. The van der Waals surface area contributed by atoms with Gasteiger partial charge < -0.3 is 15.2 Å². The lowest BCUT2D eigenvalue weighted by Gasteiger charge is -2.27. The first-order valence-electron chi connectivity index (χ1n) is 7.58. The zero-order valence-electron chi connectivity index (χ0n) is 12.6. The highest BCUT2D eigenvalue weighted by molar-refractivity contribution is 5.77. The van der Waals surface area contributed by atoms with E-state index in [1.807, 2.05) is 0 Å². The number of rotatable bonds is 5. The van der Waals surface area contributed by atoms with Crippen molar-refractivity contribution in [2.75, 3.05) is 13.2 Å². The number of carbonyl (C=O) groups excluding carboxylic acids is 1. The summed E-state index contributed by atoms with van der Waals surface area (Å²) in [7, 11) is 0. The number of hydrogen-bond donors (Lipinski definition) is 2. The molecule has 7 heteroatoms. The molecule has 1 aliphatic rings. The molecule has 23 heavy (non-hydrogen) atoms. The van der Waals surface area contributed by atoms with Crippen LogP contribution in [0, 0.1) is 5.92 Å². The fourth-order valence-corrected chi connectivity index (χ4v) is 2.65. The van der Waals surface area contributed by atoms with Crippen LogP contribution in [0.25, 0.3) is 0 Å². The van der Waals surface area contributed by atoms with Crippen molar-refractivity contribution >= 4 is 5.91 Å². The van der Waals surface area contributed by atoms with Gasteiger partial charge in [0.2, 0.25) is 0 Å². The van der Waals surface area contributed by atoms with E-state index in [2.05, 4.69) is 5.32 Å². The summed E-state index contributed by atoms with van der Waals surface area (Å²) in [5.41, 5.74) is -0.755. The molecule has 0 spiro atoms. The number of amides is 1. The summed E-state index contributed by atoms with van der Waals surface area (Å²) in [4.78, 5) is 11.8. The number of aliphatic hydroxyl groups excluding tert-OH is 1. The number of halogens is 3. The summed E-state index contributed by atoms with van der Waals surface area (Å²) >= 11 is 0.